The van der Waals surface area contributed by atoms with Crippen LogP contribution in [0.1, 0.15) is 31.9 Å². The van der Waals surface area contributed by atoms with Crippen molar-refractivity contribution in [2.24, 2.45) is 0 Å². The lowest BCUT2D eigenvalue weighted by Crippen LogP contribution is -2.60. The second-order valence-electron chi connectivity index (χ2n) is 8.51. The Morgan fingerprint density at radius 2 is 1.15 bits per heavy atom. The minimum atomic E-state index is -4.21. The molecule has 5 atom stereocenters. The van der Waals surface area contributed by atoms with Gasteiger partial charge in [-0.2, -0.15) is 0 Å². The molecule has 1 saturated heterocycles. The molecule has 0 aromatic heterocycles. The standard InChI is InChI=1S/C26H30BrO11P/c1-17(28)35-23-22(38-26(27)25(37-19(3)30)24(23)36-18(2)29)16-34-39(31,32-14-20-10-6-4-7-11-20)33-15-21-12-8-5-9-13-21/h4-13,22-26H,14-16H2,1-3H3/t22?,23-,24?,25?,26+/m1/s1. The third-order valence-corrected chi connectivity index (χ3v) is 7.44. The van der Waals surface area contributed by atoms with Gasteiger partial charge < -0.3 is 18.9 Å². The number of carbonyl (C=O) groups is 3. The number of hydrogen-bond donors (Lipinski definition) is 0. The molecule has 1 heterocycles. The smallest absolute Gasteiger partial charge is 0.456 e. The number of phosphoric ester groups is 1. The summed E-state index contributed by atoms with van der Waals surface area (Å²) in [7, 11) is -4.21. The lowest BCUT2D eigenvalue weighted by atomic mass is 9.99. The maximum absolute atomic E-state index is 13.7. The zero-order valence-corrected chi connectivity index (χ0v) is 24.1. The maximum Gasteiger partial charge on any atom is 0.475 e. The number of hydrogen-bond acceptors (Lipinski definition) is 11. The lowest BCUT2D eigenvalue weighted by Gasteiger charge is -2.42. The van der Waals surface area contributed by atoms with Crippen LogP contribution in [0.4, 0.5) is 0 Å². The Hall–Kier alpha value is -2.60. The highest BCUT2D eigenvalue weighted by molar-refractivity contribution is 9.09. The summed E-state index contributed by atoms with van der Waals surface area (Å²) in [6.45, 7) is 2.88. The van der Waals surface area contributed by atoms with E-state index in [1.165, 1.54) is 6.92 Å². The number of carbonyl (C=O) groups excluding carboxylic acids is 3. The van der Waals surface area contributed by atoms with Crippen LogP contribution < -0.4 is 0 Å². The highest BCUT2D eigenvalue weighted by atomic mass is 79.9. The Kier molecular flexibility index (Phi) is 11.7. The van der Waals surface area contributed by atoms with Crippen molar-refractivity contribution in [2.75, 3.05) is 6.61 Å². The second kappa shape index (κ2) is 14.7. The van der Waals surface area contributed by atoms with Crippen molar-refractivity contribution >= 4 is 41.7 Å². The van der Waals surface area contributed by atoms with Crippen LogP contribution in [0.25, 0.3) is 0 Å². The molecule has 11 nitrogen and oxygen atoms in total. The second-order valence-corrected chi connectivity index (χ2v) is 11.1. The molecule has 0 radical (unpaired) electrons. The Bertz CT molecular complexity index is 1100. The van der Waals surface area contributed by atoms with E-state index in [9.17, 15) is 18.9 Å². The zero-order chi connectivity index (χ0) is 28.4. The van der Waals surface area contributed by atoms with E-state index in [1.807, 2.05) is 12.1 Å². The van der Waals surface area contributed by atoms with Crippen molar-refractivity contribution in [3.63, 3.8) is 0 Å². The summed E-state index contributed by atoms with van der Waals surface area (Å²) >= 11 is 3.27. The molecule has 3 rings (SSSR count). The van der Waals surface area contributed by atoms with Gasteiger partial charge >= 0.3 is 25.7 Å². The SMILES string of the molecule is CC(=O)OC1C(OC(C)=O)[C@@H](Br)OC(COP(=O)(OCc2ccccc2)OCc2ccccc2)[C@H]1OC(C)=O. The first-order chi connectivity index (χ1) is 18.6. The third-order valence-electron chi connectivity index (χ3n) is 5.34. The van der Waals surface area contributed by atoms with E-state index in [2.05, 4.69) is 15.9 Å². The molecule has 3 unspecified atom stereocenters. The van der Waals surface area contributed by atoms with Crippen LogP contribution in [0.2, 0.25) is 0 Å². The first-order valence-corrected chi connectivity index (χ1v) is 14.4. The van der Waals surface area contributed by atoms with E-state index in [-0.39, 0.29) is 13.2 Å². The number of phosphoric acid groups is 1. The molecule has 1 aliphatic heterocycles. The molecular formula is C26H30BrO11P. The predicted octanol–water partition coefficient (Wildman–Crippen LogP) is 4.46. The van der Waals surface area contributed by atoms with E-state index in [0.717, 1.165) is 25.0 Å². The van der Waals surface area contributed by atoms with Gasteiger partial charge in [-0.15, -0.1) is 0 Å². The molecule has 0 saturated carbocycles. The molecular weight excluding hydrogens is 599 g/mol. The van der Waals surface area contributed by atoms with Crippen LogP contribution in [0.15, 0.2) is 60.7 Å². The molecule has 2 aromatic carbocycles. The molecule has 212 valence electrons. The fourth-order valence-corrected chi connectivity index (χ4v) is 5.56. The number of alkyl halides is 1. The summed E-state index contributed by atoms with van der Waals surface area (Å²) in [5, 5.41) is -0.985. The summed E-state index contributed by atoms with van der Waals surface area (Å²) in [4.78, 5) is 35.5. The Balaban J connectivity index is 1.81. The Morgan fingerprint density at radius 1 is 0.718 bits per heavy atom. The van der Waals surface area contributed by atoms with Crippen LogP contribution >= 0.6 is 23.8 Å². The number of esters is 3. The topological polar surface area (TPSA) is 133 Å². The van der Waals surface area contributed by atoms with Gasteiger partial charge in [0.05, 0.1) is 19.8 Å². The summed E-state index contributed by atoms with van der Waals surface area (Å²) < 4.78 is 52.5. The minimum absolute atomic E-state index is 0.0720. The van der Waals surface area contributed by atoms with Gasteiger partial charge in [-0.25, -0.2) is 4.57 Å². The Labute approximate surface area is 234 Å². The molecule has 0 bridgehead atoms. The zero-order valence-electron chi connectivity index (χ0n) is 21.6. The highest BCUT2D eigenvalue weighted by Crippen LogP contribution is 2.51. The molecule has 0 amide bonds. The van der Waals surface area contributed by atoms with E-state index in [1.54, 1.807) is 48.5 Å². The van der Waals surface area contributed by atoms with Crippen LogP contribution in [0.3, 0.4) is 0 Å². The van der Waals surface area contributed by atoms with Gasteiger partial charge in [0.15, 0.2) is 23.3 Å². The maximum atomic E-state index is 13.7. The summed E-state index contributed by atoms with van der Waals surface area (Å²) in [6, 6.07) is 18.0. The van der Waals surface area contributed by atoms with Crippen molar-refractivity contribution in [1.29, 1.82) is 0 Å². The summed E-state index contributed by atoms with van der Waals surface area (Å²) in [5.74, 6) is -2.10. The monoisotopic (exact) mass is 628 g/mol. The third kappa shape index (κ3) is 9.82. The quantitative estimate of drug-likeness (QED) is 0.143. The molecule has 39 heavy (non-hydrogen) atoms. The van der Waals surface area contributed by atoms with Gasteiger partial charge in [0, 0.05) is 20.8 Å². The lowest BCUT2D eigenvalue weighted by molar-refractivity contribution is -0.234. The molecule has 1 fully saturated rings. The van der Waals surface area contributed by atoms with Gasteiger partial charge in [0.1, 0.15) is 6.10 Å². The average molecular weight is 629 g/mol. The van der Waals surface area contributed by atoms with Gasteiger partial charge in [0.2, 0.25) is 0 Å². The number of rotatable bonds is 12. The van der Waals surface area contributed by atoms with Crippen molar-refractivity contribution in [3.05, 3.63) is 71.8 Å². The molecule has 1 aliphatic rings. The molecule has 13 heteroatoms. The van der Waals surface area contributed by atoms with Gasteiger partial charge in [-0.3, -0.25) is 28.0 Å². The molecule has 0 N–H and O–H groups in total. The van der Waals surface area contributed by atoms with Crippen LogP contribution in [0.5, 0.6) is 0 Å². The van der Waals surface area contributed by atoms with Gasteiger partial charge in [-0.05, 0) is 11.1 Å². The van der Waals surface area contributed by atoms with E-state index in [0.29, 0.717) is 0 Å². The van der Waals surface area contributed by atoms with Gasteiger partial charge in [-0.1, -0.05) is 76.6 Å². The Morgan fingerprint density at radius 3 is 1.62 bits per heavy atom. The number of halogens is 1. The number of ether oxygens (including phenoxy) is 4. The minimum Gasteiger partial charge on any atom is -0.456 e. The first-order valence-electron chi connectivity index (χ1n) is 12.0. The van der Waals surface area contributed by atoms with Crippen molar-refractivity contribution in [1.82, 2.24) is 0 Å². The fraction of sp³-hybridized carbons (Fsp3) is 0.423. The normalized spacial score (nSPS) is 23.0. The van der Waals surface area contributed by atoms with E-state index >= 15 is 0 Å². The fourth-order valence-electron chi connectivity index (χ4n) is 3.71. The van der Waals surface area contributed by atoms with Crippen LogP contribution in [0, 0.1) is 0 Å². The number of benzene rings is 2. The highest BCUT2D eigenvalue weighted by Gasteiger charge is 2.51. The summed E-state index contributed by atoms with van der Waals surface area (Å²) in [6.07, 6.45) is -4.80. The van der Waals surface area contributed by atoms with E-state index < -0.39 is 61.8 Å². The van der Waals surface area contributed by atoms with Crippen LogP contribution in [-0.4, -0.2) is 53.9 Å². The largest absolute Gasteiger partial charge is 0.475 e. The molecule has 0 spiro atoms. The van der Waals surface area contributed by atoms with Crippen molar-refractivity contribution < 1.29 is 51.5 Å². The average Bonchev–Trinajstić information content (AvgIpc) is 2.90. The summed E-state index contributed by atoms with van der Waals surface area (Å²) in [5.41, 5.74) is 1.46. The molecule has 0 aliphatic carbocycles. The van der Waals surface area contributed by atoms with Crippen molar-refractivity contribution in [3.8, 4) is 0 Å². The van der Waals surface area contributed by atoms with Crippen LogP contribution in [-0.2, 0) is 64.7 Å². The van der Waals surface area contributed by atoms with E-state index in [4.69, 9.17) is 32.5 Å². The van der Waals surface area contributed by atoms with Gasteiger partial charge in [0.25, 0.3) is 0 Å². The molecule has 2 aromatic rings. The predicted molar refractivity (Wildman–Crippen MR) is 140 cm³/mol. The van der Waals surface area contributed by atoms with Crippen molar-refractivity contribution in [2.45, 2.75) is 63.4 Å². The first kappa shape index (κ1) is 30.9.